The first-order chi connectivity index (χ1) is 11.9. The van der Waals surface area contributed by atoms with Crippen LogP contribution in [0.5, 0.6) is 0 Å². The molecular weight excluding hydrogens is 326 g/mol. The van der Waals surface area contributed by atoms with Crippen LogP contribution in [0.1, 0.15) is 38.2 Å². The van der Waals surface area contributed by atoms with Crippen LogP contribution >= 0.6 is 0 Å². The maximum atomic E-state index is 12.4. The van der Waals surface area contributed by atoms with Crippen molar-refractivity contribution in [3.05, 3.63) is 39.9 Å². The van der Waals surface area contributed by atoms with E-state index in [4.69, 9.17) is 0 Å². The van der Waals surface area contributed by atoms with E-state index in [0.29, 0.717) is 13.0 Å². The van der Waals surface area contributed by atoms with Crippen LogP contribution in [0.4, 0.5) is 5.69 Å². The fourth-order valence-corrected chi connectivity index (χ4v) is 3.14. The minimum absolute atomic E-state index is 0.0108. The van der Waals surface area contributed by atoms with E-state index in [9.17, 15) is 24.5 Å². The van der Waals surface area contributed by atoms with Gasteiger partial charge in [-0.2, -0.15) is 4.48 Å². The van der Waals surface area contributed by atoms with Gasteiger partial charge in [0.15, 0.2) is 0 Å². The summed E-state index contributed by atoms with van der Waals surface area (Å²) in [4.78, 5) is 45.8. The molecule has 134 valence electrons. The fourth-order valence-electron chi connectivity index (χ4n) is 3.14. The molecule has 0 saturated carbocycles. The lowest BCUT2D eigenvalue weighted by atomic mass is 10.2. The van der Waals surface area contributed by atoms with Crippen molar-refractivity contribution in [2.24, 2.45) is 0 Å². The first kappa shape index (κ1) is 18.7. The van der Waals surface area contributed by atoms with Gasteiger partial charge in [0.1, 0.15) is 6.04 Å². The number of hydrogen-bond acceptors (Lipinski definition) is 5. The van der Waals surface area contributed by atoms with E-state index in [2.05, 4.69) is 5.32 Å². The summed E-state index contributed by atoms with van der Waals surface area (Å²) in [5.74, 6) is -0.506. The van der Waals surface area contributed by atoms with Crippen LogP contribution in [0.3, 0.4) is 0 Å². The molecule has 3 amide bonds. The molecule has 1 aromatic rings. The molecule has 0 aromatic heterocycles. The van der Waals surface area contributed by atoms with Gasteiger partial charge in [-0.1, -0.05) is 12.1 Å². The summed E-state index contributed by atoms with van der Waals surface area (Å²) in [5, 5.41) is 13.3. The number of nitrogens with one attached hydrogen (secondary N) is 1. The molecule has 1 N–H and O–H groups in total. The number of carbonyl (C=O) groups is 3. The van der Waals surface area contributed by atoms with Crippen molar-refractivity contribution in [1.82, 2.24) is 5.32 Å². The third kappa shape index (κ3) is 4.27. The third-order valence-corrected chi connectivity index (χ3v) is 4.79. The Kier molecular flexibility index (Phi) is 5.97. The van der Waals surface area contributed by atoms with E-state index >= 15 is 0 Å². The summed E-state index contributed by atoms with van der Waals surface area (Å²) in [6.45, 7) is 2.62. The number of amides is 3. The van der Waals surface area contributed by atoms with E-state index in [1.165, 1.54) is 12.1 Å². The first-order valence-corrected chi connectivity index (χ1v) is 8.26. The second kappa shape index (κ2) is 7.98. The molecule has 1 aliphatic heterocycles. The molecule has 1 saturated heterocycles. The number of rotatable bonds is 7. The van der Waals surface area contributed by atoms with Gasteiger partial charge in [0.05, 0.1) is 17.9 Å². The minimum atomic E-state index is -0.487. The van der Waals surface area contributed by atoms with Gasteiger partial charge < -0.3 is 5.32 Å². The monoisotopic (exact) mass is 348 g/mol. The molecule has 0 bridgehead atoms. The standard InChI is InChI=1S/C17H21N3O5/c1-13-3-2-10-20(13,12-21)17(23)9-8-16(22)18-11-14-4-6-15(7-5-14)19(24)25/h4-7,12-13H,2-3,8-11H2,1H3/p+1/t13-,20?/m1/s1. The summed E-state index contributed by atoms with van der Waals surface area (Å²) >= 11 is 0. The van der Waals surface area contributed by atoms with Crippen LogP contribution in [-0.2, 0) is 20.9 Å². The van der Waals surface area contributed by atoms with Crippen molar-refractivity contribution in [2.75, 3.05) is 6.54 Å². The van der Waals surface area contributed by atoms with E-state index in [-0.39, 0.29) is 47.4 Å². The van der Waals surface area contributed by atoms with Crippen LogP contribution in [0, 0.1) is 10.1 Å². The molecule has 8 heteroatoms. The van der Waals surface area contributed by atoms with Crippen molar-refractivity contribution in [1.29, 1.82) is 0 Å². The van der Waals surface area contributed by atoms with E-state index < -0.39 is 4.92 Å². The summed E-state index contributed by atoms with van der Waals surface area (Å²) in [6.07, 6.45) is 2.41. The average Bonchev–Trinajstić information content (AvgIpc) is 2.99. The lowest BCUT2D eigenvalue weighted by molar-refractivity contribution is -0.780. The summed E-state index contributed by atoms with van der Waals surface area (Å²) in [5.41, 5.74) is 0.720. The van der Waals surface area contributed by atoms with Crippen LogP contribution in [0.15, 0.2) is 24.3 Å². The van der Waals surface area contributed by atoms with E-state index in [1.54, 1.807) is 12.1 Å². The zero-order chi connectivity index (χ0) is 18.4. The number of benzene rings is 1. The quantitative estimate of drug-likeness (QED) is 0.349. The number of likely N-dealkylation sites (tertiary alicyclic amines) is 1. The molecule has 2 atom stereocenters. The van der Waals surface area contributed by atoms with Gasteiger partial charge in [0.2, 0.25) is 5.91 Å². The van der Waals surface area contributed by atoms with Crippen LogP contribution < -0.4 is 5.32 Å². The Morgan fingerprint density at radius 3 is 2.52 bits per heavy atom. The first-order valence-electron chi connectivity index (χ1n) is 8.26. The van der Waals surface area contributed by atoms with Crippen molar-refractivity contribution in [3.8, 4) is 0 Å². The Balaban J connectivity index is 1.81. The highest BCUT2D eigenvalue weighted by Gasteiger charge is 2.45. The number of carbonyl (C=O) groups excluding carboxylic acids is 3. The van der Waals surface area contributed by atoms with E-state index in [1.807, 2.05) is 6.92 Å². The minimum Gasteiger partial charge on any atom is -0.352 e. The van der Waals surface area contributed by atoms with Crippen molar-refractivity contribution in [2.45, 2.75) is 45.2 Å². The summed E-state index contributed by atoms with van der Waals surface area (Å²) in [6, 6.07) is 5.85. The molecule has 0 aliphatic carbocycles. The molecule has 2 rings (SSSR count). The molecule has 8 nitrogen and oxygen atoms in total. The second-order valence-corrected chi connectivity index (χ2v) is 6.34. The Hall–Kier alpha value is -2.61. The van der Waals surface area contributed by atoms with Crippen molar-refractivity contribution in [3.63, 3.8) is 0 Å². The predicted molar refractivity (Wildman–Crippen MR) is 89.1 cm³/mol. The van der Waals surface area contributed by atoms with Gasteiger partial charge in [-0.05, 0) is 12.5 Å². The van der Waals surface area contributed by atoms with Gasteiger partial charge in [-0.3, -0.25) is 14.9 Å². The van der Waals surface area contributed by atoms with Crippen molar-refractivity contribution >= 4 is 23.9 Å². The van der Waals surface area contributed by atoms with E-state index in [0.717, 1.165) is 18.4 Å². The van der Waals surface area contributed by atoms with Gasteiger partial charge >= 0.3 is 12.3 Å². The van der Waals surface area contributed by atoms with Crippen LogP contribution in [-0.4, -0.2) is 40.2 Å². The smallest absolute Gasteiger partial charge is 0.321 e. The number of nitro benzene ring substituents is 1. The molecule has 1 heterocycles. The maximum absolute atomic E-state index is 12.4. The Morgan fingerprint density at radius 1 is 1.32 bits per heavy atom. The lowest BCUT2D eigenvalue weighted by Crippen LogP contribution is -2.54. The van der Waals surface area contributed by atoms with Gasteiger partial charge in [-0.15, -0.1) is 0 Å². The number of nitrogens with zero attached hydrogens (tertiary/aromatic N) is 2. The molecule has 25 heavy (non-hydrogen) atoms. The van der Waals surface area contributed by atoms with Crippen LogP contribution in [0.25, 0.3) is 0 Å². The maximum Gasteiger partial charge on any atom is 0.321 e. The number of imide groups is 1. The highest BCUT2D eigenvalue weighted by Crippen LogP contribution is 2.26. The fraction of sp³-hybridized carbons (Fsp3) is 0.471. The highest BCUT2D eigenvalue weighted by molar-refractivity contribution is 5.83. The molecular formula is C17H22N3O5+. The third-order valence-electron chi connectivity index (χ3n) is 4.79. The molecule has 1 unspecified atom stereocenters. The van der Waals surface area contributed by atoms with Crippen LogP contribution in [0.2, 0.25) is 0 Å². The van der Waals surface area contributed by atoms with Gasteiger partial charge in [0, 0.05) is 37.9 Å². The topological polar surface area (TPSA) is 106 Å². The molecule has 0 radical (unpaired) electrons. The Bertz CT molecular complexity index is 673. The zero-order valence-electron chi connectivity index (χ0n) is 14.1. The summed E-state index contributed by atoms with van der Waals surface area (Å²) in [7, 11) is 0. The molecule has 1 fully saturated rings. The average molecular weight is 348 g/mol. The molecule has 0 spiro atoms. The second-order valence-electron chi connectivity index (χ2n) is 6.34. The number of hydrogen-bond donors (Lipinski definition) is 1. The summed E-state index contributed by atoms with van der Waals surface area (Å²) < 4.78 is -0.185. The van der Waals surface area contributed by atoms with Gasteiger partial charge in [-0.25, -0.2) is 9.59 Å². The molecule has 1 aromatic carbocycles. The lowest BCUT2D eigenvalue weighted by Gasteiger charge is -2.28. The largest absolute Gasteiger partial charge is 0.352 e. The zero-order valence-corrected chi connectivity index (χ0v) is 14.1. The Morgan fingerprint density at radius 2 is 2.00 bits per heavy atom. The normalized spacial score (nSPS) is 22.4. The van der Waals surface area contributed by atoms with Gasteiger partial charge in [0.25, 0.3) is 5.69 Å². The Labute approximate surface area is 145 Å². The highest BCUT2D eigenvalue weighted by atomic mass is 16.6. The SMILES string of the molecule is C[C@@H]1CCC[N+]1(C=O)C(=O)CCC(=O)NCc1ccc([N+](=O)[O-])cc1. The predicted octanol–water partition coefficient (Wildman–Crippen LogP) is 1.67. The number of nitro groups is 1. The number of quaternary nitrogens is 1. The number of non-ortho nitro benzene ring substituents is 1. The molecule has 1 aliphatic rings. The van der Waals surface area contributed by atoms with Crippen molar-refractivity contribution < 1.29 is 23.8 Å².